The van der Waals surface area contributed by atoms with Crippen molar-refractivity contribution in [1.82, 2.24) is 10.6 Å². The molecule has 1 unspecified atom stereocenters. The normalized spacial score (nSPS) is 12.3. The van der Waals surface area contributed by atoms with E-state index >= 15 is 0 Å². The highest BCUT2D eigenvalue weighted by Gasteiger charge is 2.16. The maximum absolute atomic E-state index is 11.1. The van der Waals surface area contributed by atoms with Crippen LogP contribution in [0.4, 0.5) is 0 Å². The van der Waals surface area contributed by atoms with E-state index in [2.05, 4.69) is 25.1 Å². The zero-order chi connectivity index (χ0) is 18.4. The number of carboxylic acids is 1. The summed E-state index contributed by atoms with van der Waals surface area (Å²) < 4.78 is 8.96. The van der Waals surface area contributed by atoms with Gasteiger partial charge in [-0.25, -0.2) is 0 Å². The zero-order valence-electron chi connectivity index (χ0n) is 14.0. The Hall–Kier alpha value is -2.36. The van der Waals surface area contributed by atoms with Gasteiger partial charge in [-0.3, -0.25) is 19.4 Å². The summed E-state index contributed by atoms with van der Waals surface area (Å²) in [6.45, 7) is 0.887. The van der Waals surface area contributed by atoms with Crippen LogP contribution in [0.3, 0.4) is 0 Å². The summed E-state index contributed by atoms with van der Waals surface area (Å²) in [5.74, 6) is -1.56. The number of hydrogen-bond acceptors (Lipinski definition) is 7. The number of carboxylic acid groups (broad SMARTS) is 1. The molecule has 0 aliphatic carbocycles. The zero-order valence-corrected chi connectivity index (χ0v) is 14.0. The first kappa shape index (κ1) is 21.6. The molecule has 10 heteroatoms. The van der Waals surface area contributed by atoms with Crippen molar-refractivity contribution >= 4 is 23.9 Å². The Morgan fingerprint density at radius 1 is 1.12 bits per heavy atom. The molecule has 5 N–H and O–H groups in total. The predicted octanol–water partition coefficient (Wildman–Crippen LogP) is -1.16. The second-order valence-corrected chi connectivity index (χ2v) is 4.83. The van der Waals surface area contributed by atoms with Gasteiger partial charge in [0.25, 0.3) is 0 Å². The Morgan fingerprint density at radius 2 is 1.71 bits per heavy atom. The Morgan fingerprint density at radius 3 is 2.25 bits per heavy atom. The van der Waals surface area contributed by atoms with Gasteiger partial charge in [0.15, 0.2) is 5.96 Å². The van der Waals surface area contributed by atoms with Gasteiger partial charge in [-0.15, -0.1) is 0 Å². The lowest BCUT2D eigenvalue weighted by molar-refractivity contribution is -0.142. The first-order valence-corrected chi connectivity index (χ1v) is 7.54. The molecule has 10 nitrogen and oxygen atoms in total. The smallest absolute Gasteiger partial charge is 0.320 e. The van der Waals surface area contributed by atoms with Gasteiger partial charge in [-0.1, -0.05) is 0 Å². The predicted molar refractivity (Wildman–Crippen MR) is 86.4 cm³/mol. The van der Waals surface area contributed by atoms with Gasteiger partial charge in [0.1, 0.15) is 6.04 Å². The molecule has 0 aromatic heterocycles. The highest BCUT2D eigenvalue weighted by molar-refractivity contribution is 5.78. The van der Waals surface area contributed by atoms with Gasteiger partial charge in [0.05, 0.1) is 27.1 Å². The fraction of sp³-hybridized carbons (Fsp3) is 0.714. The number of guanidine groups is 1. The highest BCUT2D eigenvalue weighted by Crippen LogP contribution is 1.99. The first-order chi connectivity index (χ1) is 11.4. The van der Waals surface area contributed by atoms with Crippen LogP contribution in [0.1, 0.15) is 25.7 Å². The Labute approximate surface area is 140 Å². The lowest BCUT2D eigenvalue weighted by Gasteiger charge is -2.13. The number of nitrogens with two attached hydrogens (primary N) is 1. The number of nitrogens with one attached hydrogen (secondary N) is 2. The Kier molecular flexibility index (Phi) is 11.8. The number of hydrogen-bond donors (Lipinski definition) is 4. The number of ether oxygens (including phenoxy) is 2. The third-order valence-corrected chi connectivity index (χ3v) is 3.04. The minimum atomic E-state index is -0.993. The van der Waals surface area contributed by atoms with Crippen molar-refractivity contribution in [3.05, 3.63) is 0 Å². The van der Waals surface area contributed by atoms with Crippen LogP contribution < -0.4 is 16.4 Å². The molecule has 0 saturated heterocycles. The van der Waals surface area contributed by atoms with Gasteiger partial charge in [-0.05, 0) is 12.8 Å². The molecule has 0 bridgehead atoms. The van der Waals surface area contributed by atoms with E-state index in [1.807, 2.05) is 0 Å². The summed E-state index contributed by atoms with van der Waals surface area (Å²) >= 11 is 0. The summed E-state index contributed by atoms with van der Waals surface area (Å²) in [6, 6.07) is -0.765. The van der Waals surface area contributed by atoms with Crippen LogP contribution in [0.5, 0.6) is 0 Å². The van der Waals surface area contributed by atoms with E-state index in [1.165, 1.54) is 14.2 Å². The topological polar surface area (TPSA) is 152 Å². The molecule has 0 aromatic rings. The summed E-state index contributed by atoms with van der Waals surface area (Å²) in [4.78, 5) is 37.0. The number of aliphatic imine (C=N–C) groups is 1. The molecule has 0 saturated carbocycles. The first-order valence-electron chi connectivity index (χ1n) is 7.54. The minimum absolute atomic E-state index is 0.107. The maximum atomic E-state index is 11.1. The maximum Gasteiger partial charge on any atom is 0.320 e. The minimum Gasteiger partial charge on any atom is -0.480 e. The molecular formula is C14H26N4O6. The van der Waals surface area contributed by atoms with Crippen molar-refractivity contribution in [2.45, 2.75) is 31.7 Å². The van der Waals surface area contributed by atoms with Crippen LogP contribution in [0, 0.1) is 0 Å². The van der Waals surface area contributed by atoms with Gasteiger partial charge in [-0.2, -0.15) is 0 Å². The van der Waals surface area contributed by atoms with Gasteiger partial charge in [0, 0.05) is 19.6 Å². The summed E-state index contributed by atoms with van der Waals surface area (Å²) in [5, 5.41) is 14.6. The van der Waals surface area contributed by atoms with Gasteiger partial charge < -0.3 is 30.9 Å². The molecule has 24 heavy (non-hydrogen) atoms. The molecular weight excluding hydrogens is 320 g/mol. The third kappa shape index (κ3) is 11.2. The number of carbonyl (C=O) groups is 3. The second kappa shape index (κ2) is 13.1. The molecule has 0 aliphatic rings. The largest absolute Gasteiger partial charge is 0.480 e. The van der Waals surface area contributed by atoms with Crippen molar-refractivity contribution in [2.24, 2.45) is 10.7 Å². The monoisotopic (exact) mass is 346 g/mol. The molecule has 0 aliphatic heterocycles. The van der Waals surface area contributed by atoms with E-state index in [0.29, 0.717) is 25.9 Å². The lowest BCUT2D eigenvalue weighted by atomic mass is 10.1. The lowest BCUT2D eigenvalue weighted by Crippen LogP contribution is -2.38. The van der Waals surface area contributed by atoms with Crippen LogP contribution in [0.25, 0.3) is 0 Å². The molecule has 1 atom stereocenters. The van der Waals surface area contributed by atoms with Gasteiger partial charge >= 0.3 is 17.9 Å². The molecule has 138 valence electrons. The van der Waals surface area contributed by atoms with E-state index in [9.17, 15) is 14.4 Å². The van der Waals surface area contributed by atoms with Crippen molar-refractivity contribution in [2.75, 3.05) is 33.9 Å². The average molecular weight is 346 g/mol. The van der Waals surface area contributed by atoms with E-state index in [1.54, 1.807) is 0 Å². The van der Waals surface area contributed by atoms with Crippen LogP contribution in [-0.4, -0.2) is 68.9 Å². The summed E-state index contributed by atoms with van der Waals surface area (Å²) in [5.41, 5.74) is 5.61. The van der Waals surface area contributed by atoms with Crippen LogP contribution >= 0.6 is 0 Å². The SMILES string of the molecule is COC(=O)CCNC(N)=NCCCC(NCCC(=O)OC)C(=O)O. The van der Waals surface area contributed by atoms with Crippen LogP contribution in [0.2, 0.25) is 0 Å². The van der Waals surface area contributed by atoms with Crippen molar-refractivity contribution in [1.29, 1.82) is 0 Å². The van der Waals surface area contributed by atoms with E-state index in [0.717, 1.165) is 0 Å². The molecule has 0 heterocycles. The number of rotatable bonds is 12. The van der Waals surface area contributed by atoms with E-state index in [-0.39, 0.29) is 31.3 Å². The summed E-state index contributed by atoms with van der Waals surface area (Å²) in [6.07, 6.45) is 1.13. The fourth-order valence-corrected chi connectivity index (χ4v) is 1.71. The molecule has 0 fully saturated rings. The highest BCUT2D eigenvalue weighted by atomic mass is 16.5. The molecule has 0 spiro atoms. The molecule has 0 radical (unpaired) electrons. The van der Waals surface area contributed by atoms with Crippen molar-refractivity contribution in [3.8, 4) is 0 Å². The van der Waals surface area contributed by atoms with Crippen molar-refractivity contribution < 1.29 is 29.0 Å². The number of esters is 2. The standard InChI is InChI=1S/C14H26N4O6/c1-23-11(19)5-8-16-10(13(21)22)4-3-7-17-14(15)18-9-6-12(20)24-2/h10,16H,3-9H2,1-2H3,(H,21,22)(H3,15,17,18). The number of carbonyl (C=O) groups excluding carboxylic acids is 2. The van der Waals surface area contributed by atoms with Gasteiger partial charge in [0.2, 0.25) is 0 Å². The van der Waals surface area contributed by atoms with Crippen LogP contribution in [-0.2, 0) is 23.9 Å². The third-order valence-electron chi connectivity index (χ3n) is 3.04. The quantitative estimate of drug-likeness (QED) is 0.148. The Balaban J connectivity index is 3.97. The number of nitrogens with zero attached hydrogens (tertiary/aromatic N) is 1. The number of methoxy groups -OCH3 is 2. The number of aliphatic carboxylic acids is 1. The van der Waals surface area contributed by atoms with E-state index in [4.69, 9.17) is 10.8 Å². The molecule has 0 rings (SSSR count). The second-order valence-electron chi connectivity index (χ2n) is 4.83. The van der Waals surface area contributed by atoms with E-state index < -0.39 is 18.0 Å². The van der Waals surface area contributed by atoms with Crippen molar-refractivity contribution in [3.63, 3.8) is 0 Å². The van der Waals surface area contributed by atoms with Crippen LogP contribution in [0.15, 0.2) is 4.99 Å². The Bertz CT molecular complexity index is 441. The fourth-order valence-electron chi connectivity index (χ4n) is 1.71. The summed E-state index contributed by atoms with van der Waals surface area (Å²) in [7, 11) is 2.58. The molecule has 0 aromatic carbocycles. The molecule has 0 amide bonds. The average Bonchev–Trinajstić information content (AvgIpc) is 2.56.